The maximum atomic E-state index is 12.2. The molecular formula is C26H34ClN7O2. The second-order valence-corrected chi connectivity index (χ2v) is 10.1. The van der Waals surface area contributed by atoms with Gasteiger partial charge in [0.1, 0.15) is 11.3 Å². The maximum absolute atomic E-state index is 12.2. The van der Waals surface area contributed by atoms with Crippen molar-refractivity contribution < 1.29 is 9.53 Å². The summed E-state index contributed by atoms with van der Waals surface area (Å²) in [5, 5.41) is 4.22. The van der Waals surface area contributed by atoms with E-state index < -0.39 is 0 Å². The van der Waals surface area contributed by atoms with Crippen LogP contribution in [0.5, 0.6) is 0 Å². The number of carbonyl (C=O) groups excluding carboxylic acids is 1. The predicted octanol–water partition coefficient (Wildman–Crippen LogP) is 3.47. The molecule has 0 atom stereocenters. The summed E-state index contributed by atoms with van der Waals surface area (Å²) in [6, 6.07) is 8.76. The average Bonchev–Trinajstić information content (AvgIpc) is 3.35. The fourth-order valence-electron chi connectivity index (χ4n) is 4.95. The number of piperazine rings is 1. The van der Waals surface area contributed by atoms with Gasteiger partial charge in [-0.05, 0) is 57.2 Å². The molecule has 0 aliphatic carbocycles. The minimum atomic E-state index is 0.162. The number of ether oxygens (including phenoxy) is 1. The molecule has 192 valence electrons. The molecule has 5 rings (SSSR count). The topological polar surface area (TPSA) is 89.6 Å². The highest BCUT2D eigenvalue weighted by atomic mass is 35.5. The Balaban J connectivity index is 1.27. The smallest absolute Gasteiger partial charge is 0.225 e. The number of halogens is 1. The van der Waals surface area contributed by atoms with E-state index in [4.69, 9.17) is 21.3 Å². The molecule has 0 spiro atoms. The van der Waals surface area contributed by atoms with Gasteiger partial charge in [0.25, 0.3) is 0 Å². The third-order valence-electron chi connectivity index (χ3n) is 7.19. The molecule has 3 aromatic rings. The van der Waals surface area contributed by atoms with E-state index in [1.54, 1.807) is 13.3 Å². The molecule has 2 aliphatic rings. The van der Waals surface area contributed by atoms with Gasteiger partial charge in [0, 0.05) is 50.6 Å². The summed E-state index contributed by atoms with van der Waals surface area (Å²) in [5.41, 5.74) is 4.49. The Kier molecular flexibility index (Phi) is 7.59. The summed E-state index contributed by atoms with van der Waals surface area (Å²) in [7, 11) is 3.78. The maximum Gasteiger partial charge on any atom is 0.225 e. The lowest BCUT2D eigenvalue weighted by molar-refractivity contribution is -0.132. The number of aromatic nitrogens is 3. The SMILES string of the molecule is COCCC(=O)N1CCN(c2ccc(-c3nc4c(NC5CCN(C)CC5)c(Cl)cnc4[nH]3)cc2)CC1. The van der Waals surface area contributed by atoms with Crippen molar-refractivity contribution >= 4 is 40.0 Å². The number of aromatic amines is 1. The number of piperidine rings is 1. The Labute approximate surface area is 216 Å². The predicted molar refractivity (Wildman–Crippen MR) is 144 cm³/mol. The van der Waals surface area contributed by atoms with Crippen LogP contribution in [-0.2, 0) is 9.53 Å². The molecule has 1 aromatic carbocycles. The van der Waals surface area contributed by atoms with Crippen LogP contribution >= 0.6 is 11.6 Å². The van der Waals surface area contributed by atoms with Crippen LogP contribution in [0.4, 0.5) is 11.4 Å². The molecule has 2 N–H and O–H groups in total. The number of amides is 1. The number of imidazole rings is 1. The fraction of sp³-hybridized carbons (Fsp3) is 0.500. The molecule has 2 aromatic heterocycles. The summed E-state index contributed by atoms with van der Waals surface area (Å²) in [6.45, 7) is 5.70. The monoisotopic (exact) mass is 511 g/mol. The van der Waals surface area contributed by atoms with E-state index in [1.165, 1.54) is 0 Å². The molecule has 10 heteroatoms. The molecule has 2 aliphatic heterocycles. The third kappa shape index (κ3) is 5.43. The molecule has 36 heavy (non-hydrogen) atoms. The number of carbonyl (C=O) groups is 1. The van der Waals surface area contributed by atoms with Gasteiger partial charge in [-0.2, -0.15) is 0 Å². The number of benzene rings is 1. The number of fused-ring (bicyclic) bond motifs is 1. The summed E-state index contributed by atoms with van der Waals surface area (Å²) < 4.78 is 5.03. The zero-order valence-corrected chi connectivity index (χ0v) is 21.7. The van der Waals surface area contributed by atoms with E-state index in [0.29, 0.717) is 24.1 Å². The van der Waals surface area contributed by atoms with Gasteiger partial charge in [-0.1, -0.05) is 11.6 Å². The van der Waals surface area contributed by atoms with E-state index in [9.17, 15) is 4.79 Å². The summed E-state index contributed by atoms with van der Waals surface area (Å²) in [5.74, 6) is 0.932. The zero-order valence-electron chi connectivity index (χ0n) is 21.0. The summed E-state index contributed by atoms with van der Waals surface area (Å²) in [4.78, 5) is 31.5. The Morgan fingerprint density at radius 2 is 1.86 bits per heavy atom. The first-order valence-electron chi connectivity index (χ1n) is 12.6. The molecule has 0 saturated carbocycles. The van der Waals surface area contributed by atoms with Gasteiger partial charge < -0.3 is 29.7 Å². The lowest BCUT2D eigenvalue weighted by atomic mass is 10.1. The molecule has 0 bridgehead atoms. The van der Waals surface area contributed by atoms with Crippen molar-refractivity contribution in [1.29, 1.82) is 0 Å². The molecule has 2 saturated heterocycles. The van der Waals surface area contributed by atoms with Crippen LogP contribution in [0.15, 0.2) is 30.5 Å². The molecule has 1 amide bonds. The minimum absolute atomic E-state index is 0.162. The number of hydrogen-bond acceptors (Lipinski definition) is 7. The van der Waals surface area contributed by atoms with Gasteiger partial charge in [-0.3, -0.25) is 4.79 Å². The fourth-order valence-corrected chi connectivity index (χ4v) is 5.15. The largest absolute Gasteiger partial charge is 0.384 e. The van der Waals surface area contributed by atoms with Crippen LogP contribution in [0.2, 0.25) is 5.02 Å². The Hall–Kier alpha value is -2.88. The van der Waals surface area contributed by atoms with Crippen LogP contribution in [0.25, 0.3) is 22.6 Å². The number of pyridine rings is 1. The summed E-state index contributed by atoms with van der Waals surface area (Å²) in [6.07, 6.45) is 4.28. The highest BCUT2D eigenvalue weighted by molar-refractivity contribution is 6.34. The molecule has 0 unspecified atom stereocenters. The van der Waals surface area contributed by atoms with Crippen LogP contribution in [-0.4, -0.2) is 96.7 Å². The lowest BCUT2D eigenvalue weighted by Crippen LogP contribution is -2.49. The van der Waals surface area contributed by atoms with E-state index in [1.807, 2.05) is 4.90 Å². The van der Waals surface area contributed by atoms with Crippen LogP contribution in [0.3, 0.4) is 0 Å². The number of anilines is 2. The first-order valence-corrected chi connectivity index (χ1v) is 13.0. The standard InChI is InChI=1S/C26H34ClN7O2/c1-32-10-7-19(8-11-32)29-23-21(27)17-28-26-24(23)30-25(31-26)18-3-5-20(6-4-18)33-12-14-34(15-13-33)22(35)9-16-36-2/h3-6,17,19H,7-16H2,1-2H3,(H2,28,29,30,31). The van der Waals surface area contributed by atoms with Gasteiger partial charge in [0.05, 0.1) is 29.9 Å². The highest BCUT2D eigenvalue weighted by Gasteiger charge is 2.22. The average molecular weight is 512 g/mol. The second-order valence-electron chi connectivity index (χ2n) is 9.64. The summed E-state index contributed by atoms with van der Waals surface area (Å²) >= 11 is 6.54. The van der Waals surface area contributed by atoms with E-state index >= 15 is 0 Å². The molecular weight excluding hydrogens is 478 g/mol. The molecule has 4 heterocycles. The molecule has 2 fully saturated rings. The van der Waals surface area contributed by atoms with Crippen molar-refractivity contribution in [3.63, 3.8) is 0 Å². The number of rotatable bonds is 7. The Morgan fingerprint density at radius 3 is 2.56 bits per heavy atom. The zero-order chi connectivity index (χ0) is 25.1. The van der Waals surface area contributed by atoms with Crippen molar-refractivity contribution in [2.45, 2.75) is 25.3 Å². The van der Waals surface area contributed by atoms with E-state index in [-0.39, 0.29) is 5.91 Å². The first kappa shape index (κ1) is 24.8. The van der Waals surface area contributed by atoms with Gasteiger partial charge in [-0.25, -0.2) is 9.97 Å². The van der Waals surface area contributed by atoms with Crippen molar-refractivity contribution in [3.8, 4) is 11.4 Å². The van der Waals surface area contributed by atoms with E-state index in [2.05, 4.69) is 56.4 Å². The molecule has 0 radical (unpaired) electrons. The number of nitrogens with one attached hydrogen (secondary N) is 2. The van der Waals surface area contributed by atoms with Gasteiger partial charge in [-0.15, -0.1) is 0 Å². The quantitative estimate of drug-likeness (QED) is 0.502. The van der Waals surface area contributed by atoms with Crippen LogP contribution < -0.4 is 10.2 Å². The normalized spacial score (nSPS) is 17.6. The van der Waals surface area contributed by atoms with Gasteiger partial charge in [0.15, 0.2) is 5.65 Å². The van der Waals surface area contributed by atoms with E-state index in [0.717, 1.165) is 86.0 Å². The third-order valence-corrected chi connectivity index (χ3v) is 7.48. The first-order chi connectivity index (χ1) is 17.5. The molecule has 9 nitrogen and oxygen atoms in total. The van der Waals surface area contributed by atoms with Crippen molar-refractivity contribution in [3.05, 3.63) is 35.5 Å². The Bertz CT molecular complexity index is 1180. The lowest BCUT2D eigenvalue weighted by Gasteiger charge is -2.36. The van der Waals surface area contributed by atoms with Gasteiger partial charge >= 0.3 is 0 Å². The van der Waals surface area contributed by atoms with Crippen molar-refractivity contribution in [1.82, 2.24) is 24.8 Å². The van der Waals surface area contributed by atoms with Crippen molar-refractivity contribution in [2.75, 3.05) is 70.2 Å². The van der Waals surface area contributed by atoms with Crippen molar-refractivity contribution in [2.24, 2.45) is 0 Å². The minimum Gasteiger partial charge on any atom is -0.384 e. The number of H-pyrrole nitrogens is 1. The van der Waals surface area contributed by atoms with Gasteiger partial charge in [0.2, 0.25) is 5.91 Å². The number of likely N-dealkylation sites (tertiary alicyclic amines) is 1. The van der Waals surface area contributed by atoms with Crippen LogP contribution in [0.1, 0.15) is 19.3 Å². The Morgan fingerprint density at radius 1 is 1.14 bits per heavy atom. The highest BCUT2D eigenvalue weighted by Crippen LogP contribution is 2.32. The van der Waals surface area contributed by atoms with Crippen LogP contribution in [0, 0.1) is 0 Å². The second kappa shape index (κ2) is 11.0. The number of hydrogen-bond donors (Lipinski definition) is 2. The number of nitrogens with zero attached hydrogens (tertiary/aromatic N) is 5. The number of methoxy groups -OCH3 is 1.